The number of hydrogen-bond donors (Lipinski definition) is 0. The minimum atomic E-state index is 1.11. The second-order valence-corrected chi connectivity index (χ2v) is 14.8. The van der Waals surface area contributed by atoms with Gasteiger partial charge in [-0.2, -0.15) is 0 Å². The highest BCUT2D eigenvalue weighted by molar-refractivity contribution is 7.26. The Kier molecular flexibility index (Phi) is 8.09. The molecule has 0 aliphatic heterocycles. The summed E-state index contributed by atoms with van der Waals surface area (Å²) in [7, 11) is 0. The van der Waals surface area contributed by atoms with Crippen LogP contribution in [0.25, 0.3) is 75.5 Å². The fraction of sp³-hybridized carbons (Fsp3) is 0. The zero-order valence-electron chi connectivity index (χ0n) is 29.6. The van der Waals surface area contributed by atoms with Crippen LogP contribution in [0.3, 0.4) is 0 Å². The molecule has 1 nitrogen and oxygen atoms in total. The van der Waals surface area contributed by atoms with Crippen LogP contribution >= 0.6 is 11.3 Å². The van der Waals surface area contributed by atoms with Crippen LogP contribution in [-0.4, -0.2) is 0 Å². The van der Waals surface area contributed by atoms with Crippen LogP contribution in [0.4, 0.5) is 17.1 Å². The maximum absolute atomic E-state index is 2.45. The fourth-order valence-electron chi connectivity index (χ4n) is 7.79. The van der Waals surface area contributed by atoms with Crippen molar-refractivity contribution >= 4 is 59.3 Å². The van der Waals surface area contributed by atoms with Crippen molar-refractivity contribution in [2.45, 2.75) is 0 Å². The van der Waals surface area contributed by atoms with E-state index in [4.69, 9.17) is 0 Å². The molecule has 0 amide bonds. The van der Waals surface area contributed by atoms with Gasteiger partial charge in [0, 0.05) is 37.1 Å². The Morgan fingerprint density at radius 2 is 0.796 bits per heavy atom. The van der Waals surface area contributed by atoms with E-state index in [1.165, 1.54) is 75.5 Å². The highest BCUT2D eigenvalue weighted by Crippen LogP contribution is 2.49. The lowest BCUT2D eigenvalue weighted by Crippen LogP contribution is -2.11. The summed E-state index contributed by atoms with van der Waals surface area (Å²) < 4.78 is 2.58. The number of anilines is 3. The van der Waals surface area contributed by atoms with E-state index in [1.54, 1.807) is 0 Å². The summed E-state index contributed by atoms with van der Waals surface area (Å²) in [5, 5.41) is 5.00. The Morgan fingerprint density at radius 3 is 1.46 bits per heavy atom. The van der Waals surface area contributed by atoms with Gasteiger partial charge in [-0.05, 0) is 98.2 Å². The van der Waals surface area contributed by atoms with Crippen molar-refractivity contribution in [1.82, 2.24) is 0 Å². The predicted octanol–water partition coefficient (Wildman–Crippen LogP) is 15.3. The van der Waals surface area contributed by atoms with Gasteiger partial charge >= 0.3 is 0 Å². The van der Waals surface area contributed by atoms with Crippen LogP contribution in [0, 0.1) is 0 Å². The highest BCUT2D eigenvalue weighted by atomic mass is 32.1. The van der Waals surface area contributed by atoms with Gasteiger partial charge in [-0.1, -0.05) is 164 Å². The standard InChI is InChI=1S/C52H35NS/c1-4-12-36(13-5-1)39-20-22-41(23-21-39)51-48(32-33-50-52(51)47-18-10-11-19-49(47)54-50)53(45-29-26-40(27-30-45)37-14-6-2-7-15-37)46-31-28-43-34-42(24-25-44(43)35-46)38-16-8-3-9-17-38/h1-35H. The van der Waals surface area contributed by atoms with Gasteiger partial charge in [0.05, 0.1) is 5.69 Å². The average molecular weight is 706 g/mol. The maximum Gasteiger partial charge on any atom is 0.0547 e. The molecule has 0 bridgehead atoms. The van der Waals surface area contributed by atoms with Gasteiger partial charge in [0.2, 0.25) is 0 Å². The predicted molar refractivity (Wildman–Crippen MR) is 233 cm³/mol. The van der Waals surface area contributed by atoms with E-state index in [1.807, 2.05) is 11.3 Å². The second-order valence-electron chi connectivity index (χ2n) is 13.7. The lowest BCUT2D eigenvalue weighted by atomic mass is 9.94. The van der Waals surface area contributed by atoms with Crippen molar-refractivity contribution in [3.8, 4) is 44.5 Å². The van der Waals surface area contributed by atoms with E-state index in [0.29, 0.717) is 0 Å². The molecule has 2 heteroatoms. The van der Waals surface area contributed by atoms with Crippen LogP contribution < -0.4 is 4.90 Å². The monoisotopic (exact) mass is 705 g/mol. The van der Waals surface area contributed by atoms with Crippen molar-refractivity contribution in [1.29, 1.82) is 0 Å². The van der Waals surface area contributed by atoms with Crippen molar-refractivity contribution in [2.24, 2.45) is 0 Å². The Balaban J connectivity index is 1.19. The van der Waals surface area contributed by atoms with E-state index >= 15 is 0 Å². The van der Waals surface area contributed by atoms with E-state index in [0.717, 1.165) is 17.1 Å². The molecule has 0 aliphatic carbocycles. The molecule has 0 radical (unpaired) electrons. The molecule has 10 aromatic rings. The molecule has 1 heterocycles. The van der Waals surface area contributed by atoms with Gasteiger partial charge in [-0.25, -0.2) is 0 Å². The summed E-state index contributed by atoms with van der Waals surface area (Å²) in [4.78, 5) is 2.45. The molecule has 254 valence electrons. The van der Waals surface area contributed by atoms with Gasteiger partial charge in [-0.15, -0.1) is 11.3 Å². The lowest BCUT2D eigenvalue weighted by Gasteiger charge is -2.29. The third kappa shape index (κ3) is 5.84. The third-order valence-electron chi connectivity index (χ3n) is 10.5. The number of benzene rings is 9. The summed E-state index contributed by atoms with van der Waals surface area (Å²) in [6.07, 6.45) is 0. The third-order valence-corrected chi connectivity index (χ3v) is 11.6. The highest BCUT2D eigenvalue weighted by Gasteiger charge is 2.22. The molecule has 0 unspecified atom stereocenters. The molecule has 10 rings (SSSR count). The van der Waals surface area contributed by atoms with Crippen LogP contribution in [0.2, 0.25) is 0 Å². The summed E-state index contributed by atoms with van der Waals surface area (Å²) >= 11 is 1.86. The van der Waals surface area contributed by atoms with E-state index in [-0.39, 0.29) is 0 Å². The van der Waals surface area contributed by atoms with E-state index in [9.17, 15) is 0 Å². The smallest absolute Gasteiger partial charge is 0.0547 e. The summed E-state index contributed by atoms with van der Waals surface area (Å²) in [5.41, 5.74) is 13.1. The molecule has 0 saturated carbocycles. The number of rotatable bonds is 7. The van der Waals surface area contributed by atoms with Crippen molar-refractivity contribution in [3.05, 3.63) is 212 Å². The van der Waals surface area contributed by atoms with Crippen LogP contribution in [0.1, 0.15) is 0 Å². The van der Waals surface area contributed by atoms with E-state index in [2.05, 4.69) is 217 Å². The first-order valence-electron chi connectivity index (χ1n) is 18.4. The molecular formula is C52H35NS. The minimum absolute atomic E-state index is 1.11. The summed E-state index contributed by atoms with van der Waals surface area (Å²) in [6, 6.07) is 77.2. The average Bonchev–Trinajstić information content (AvgIpc) is 3.64. The molecule has 54 heavy (non-hydrogen) atoms. The van der Waals surface area contributed by atoms with Gasteiger partial charge in [-0.3, -0.25) is 0 Å². The second kappa shape index (κ2) is 13.7. The number of nitrogens with zero attached hydrogens (tertiary/aromatic N) is 1. The molecule has 0 fully saturated rings. The molecule has 0 saturated heterocycles. The van der Waals surface area contributed by atoms with Crippen molar-refractivity contribution in [3.63, 3.8) is 0 Å². The maximum atomic E-state index is 2.45. The molecule has 0 aliphatic rings. The SMILES string of the molecule is c1ccc(-c2ccc(-c3c(N(c4ccc(-c5ccccc5)cc4)c4ccc5cc(-c6ccccc6)ccc5c4)ccc4sc5ccccc5c34)cc2)cc1. The Bertz CT molecular complexity index is 2890. The molecular weight excluding hydrogens is 671 g/mol. The van der Waals surface area contributed by atoms with Gasteiger partial charge < -0.3 is 4.90 Å². The number of thiophene rings is 1. The van der Waals surface area contributed by atoms with Crippen LogP contribution in [0.5, 0.6) is 0 Å². The summed E-state index contributed by atoms with van der Waals surface area (Å²) in [5.74, 6) is 0. The van der Waals surface area contributed by atoms with Gasteiger partial charge in [0.25, 0.3) is 0 Å². The van der Waals surface area contributed by atoms with Crippen molar-refractivity contribution < 1.29 is 0 Å². The number of hydrogen-bond acceptors (Lipinski definition) is 2. The molecule has 0 N–H and O–H groups in total. The van der Waals surface area contributed by atoms with Gasteiger partial charge in [0.15, 0.2) is 0 Å². The van der Waals surface area contributed by atoms with Crippen LogP contribution in [0.15, 0.2) is 212 Å². The Hall–Kier alpha value is -6.74. The Labute approximate surface area is 319 Å². The molecule has 0 spiro atoms. The van der Waals surface area contributed by atoms with Gasteiger partial charge in [0.1, 0.15) is 0 Å². The quantitative estimate of drug-likeness (QED) is 0.160. The minimum Gasteiger partial charge on any atom is -0.310 e. The normalized spacial score (nSPS) is 11.3. The fourth-order valence-corrected chi connectivity index (χ4v) is 8.90. The zero-order valence-corrected chi connectivity index (χ0v) is 30.4. The Morgan fingerprint density at radius 1 is 0.315 bits per heavy atom. The van der Waals surface area contributed by atoms with Crippen molar-refractivity contribution in [2.75, 3.05) is 4.90 Å². The van der Waals surface area contributed by atoms with E-state index < -0.39 is 0 Å². The topological polar surface area (TPSA) is 3.24 Å². The first-order valence-corrected chi connectivity index (χ1v) is 19.2. The summed E-state index contributed by atoms with van der Waals surface area (Å²) in [6.45, 7) is 0. The molecule has 0 atom stereocenters. The molecule has 1 aromatic heterocycles. The largest absolute Gasteiger partial charge is 0.310 e. The number of fused-ring (bicyclic) bond motifs is 4. The molecule has 9 aromatic carbocycles. The first-order chi connectivity index (χ1) is 26.8. The first kappa shape index (κ1) is 32.0. The lowest BCUT2D eigenvalue weighted by molar-refractivity contribution is 1.29. The van der Waals surface area contributed by atoms with Crippen LogP contribution in [-0.2, 0) is 0 Å². The zero-order chi connectivity index (χ0) is 35.8.